The molecule has 24 heavy (non-hydrogen) atoms. The average molecular weight is 325 g/mol. The normalized spacial score (nSPS) is 9.54. The van der Waals surface area contributed by atoms with Gasteiger partial charge in [-0.3, -0.25) is 0 Å². The summed E-state index contributed by atoms with van der Waals surface area (Å²) in [6.45, 7) is 2.02. The van der Waals surface area contributed by atoms with Crippen molar-refractivity contribution in [3.8, 4) is 23.0 Å². The second kappa shape index (κ2) is 7.53. The Labute approximate surface area is 147 Å². The molecule has 0 aliphatic heterocycles. The quantitative estimate of drug-likeness (QED) is 0.330. The predicted octanol–water partition coefficient (Wildman–Crippen LogP) is 5.80. The Morgan fingerprint density at radius 2 is 1.50 bits per heavy atom. The first-order chi connectivity index (χ1) is 11.8. The van der Waals surface area contributed by atoms with Crippen molar-refractivity contribution in [2.45, 2.75) is 6.92 Å². The van der Waals surface area contributed by atoms with Crippen LogP contribution in [-0.2, 0) is 0 Å². The SMILES string of the molecule is Cc1cc(N=C=S)ccc1C#Cc1ccc(-c2ccccc2)cc1. The molecule has 0 radical (unpaired) electrons. The molecule has 0 atom stereocenters. The van der Waals surface area contributed by atoms with Gasteiger partial charge >= 0.3 is 0 Å². The summed E-state index contributed by atoms with van der Waals surface area (Å²) in [4.78, 5) is 3.98. The molecule has 3 rings (SSSR count). The summed E-state index contributed by atoms with van der Waals surface area (Å²) in [5.74, 6) is 6.43. The van der Waals surface area contributed by atoms with Crippen molar-refractivity contribution in [1.82, 2.24) is 0 Å². The third kappa shape index (κ3) is 3.86. The van der Waals surface area contributed by atoms with Gasteiger partial charge in [-0.15, -0.1) is 0 Å². The predicted molar refractivity (Wildman–Crippen MR) is 104 cm³/mol. The second-order valence-corrected chi connectivity index (χ2v) is 5.58. The average Bonchev–Trinajstić information content (AvgIpc) is 2.62. The summed E-state index contributed by atoms with van der Waals surface area (Å²) in [7, 11) is 0. The van der Waals surface area contributed by atoms with E-state index in [-0.39, 0.29) is 0 Å². The van der Waals surface area contributed by atoms with Crippen LogP contribution in [0.5, 0.6) is 0 Å². The van der Waals surface area contributed by atoms with E-state index in [1.165, 1.54) is 11.1 Å². The molecule has 1 nitrogen and oxygen atoms in total. The number of nitrogens with zero attached hydrogens (tertiary/aromatic N) is 1. The monoisotopic (exact) mass is 325 g/mol. The van der Waals surface area contributed by atoms with Crippen molar-refractivity contribution in [2.24, 2.45) is 4.99 Å². The lowest BCUT2D eigenvalue weighted by atomic mass is 10.0. The van der Waals surface area contributed by atoms with Crippen molar-refractivity contribution in [1.29, 1.82) is 0 Å². The van der Waals surface area contributed by atoms with Crippen LogP contribution in [0.1, 0.15) is 16.7 Å². The summed E-state index contributed by atoms with van der Waals surface area (Å²) in [5.41, 5.74) is 6.28. The fraction of sp³-hybridized carbons (Fsp3) is 0.0455. The summed E-state index contributed by atoms with van der Waals surface area (Å²) in [6, 6.07) is 24.4. The molecule has 0 saturated heterocycles. The molecule has 3 aromatic rings. The van der Waals surface area contributed by atoms with Crippen LogP contribution in [0.3, 0.4) is 0 Å². The fourth-order valence-electron chi connectivity index (χ4n) is 2.43. The minimum absolute atomic E-state index is 0.806. The van der Waals surface area contributed by atoms with Gasteiger partial charge in [-0.05, 0) is 66.2 Å². The van der Waals surface area contributed by atoms with Gasteiger partial charge in [0.1, 0.15) is 0 Å². The molecule has 2 heteroatoms. The lowest BCUT2D eigenvalue weighted by molar-refractivity contribution is 1.41. The van der Waals surface area contributed by atoms with Crippen molar-refractivity contribution in [3.05, 3.63) is 89.5 Å². The Hall–Kier alpha value is -2.98. The number of thiocarbonyl (C=S) groups is 1. The minimum atomic E-state index is 0.806. The standard InChI is InChI=1S/C22H15NS/c1-17-15-22(23-16-24)14-13-19(17)10-7-18-8-11-21(12-9-18)20-5-3-2-4-6-20/h2-6,8-9,11-15H,1H3. The highest BCUT2D eigenvalue weighted by Crippen LogP contribution is 2.19. The van der Waals surface area contributed by atoms with Crippen molar-refractivity contribution < 1.29 is 0 Å². The van der Waals surface area contributed by atoms with E-state index in [0.29, 0.717) is 0 Å². The topological polar surface area (TPSA) is 12.4 Å². The van der Waals surface area contributed by atoms with E-state index in [1.807, 2.05) is 43.3 Å². The first-order valence-electron chi connectivity index (χ1n) is 7.62. The van der Waals surface area contributed by atoms with Gasteiger partial charge in [0, 0.05) is 11.1 Å². The molecule has 3 aromatic carbocycles. The maximum atomic E-state index is 4.63. The number of aryl methyl sites for hydroxylation is 1. The highest BCUT2D eigenvalue weighted by molar-refractivity contribution is 7.78. The molecule has 0 amide bonds. The van der Waals surface area contributed by atoms with Crippen LogP contribution < -0.4 is 0 Å². The summed E-state index contributed by atoms with van der Waals surface area (Å²) >= 11 is 4.63. The molecule has 0 unspecified atom stereocenters. The molecule has 0 aliphatic carbocycles. The molecule has 0 aromatic heterocycles. The molecule has 114 valence electrons. The molecule has 0 fully saturated rings. The first kappa shape index (κ1) is 15.9. The summed E-state index contributed by atoms with van der Waals surface area (Å²) in [5, 5.41) is 2.38. The zero-order valence-electron chi connectivity index (χ0n) is 13.3. The van der Waals surface area contributed by atoms with Gasteiger partial charge in [0.15, 0.2) is 0 Å². The lowest BCUT2D eigenvalue weighted by Crippen LogP contribution is -1.82. The Morgan fingerprint density at radius 3 is 2.17 bits per heavy atom. The van der Waals surface area contributed by atoms with E-state index in [0.717, 1.165) is 22.4 Å². The van der Waals surface area contributed by atoms with Gasteiger partial charge in [-0.25, -0.2) is 0 Å². The molecule has 0 heterocycles. The third-order valence-electron chi connectivity index (χ3n) is 3.72. The van der Waals surface area contributed by atoms with Gasteiger partial charge in [-0.1, -0.05) is 54.3 Å². The van der Waals surface area contributed by atoms with E-state index in [1.54, 1.807) is 0 Å². The number of hydrogen-bond donors (Lipinski definition) is 0. The molecule has 0 aliphatic rings. The van der Waals surface area contributed by atoms with Crippen LogP contribution in [0, 0.1) is 18.8 Å². The van der Waals surface area contributed by atoms with Crippen LogP contribution in [-0.4, -0.2) is 5.16 Å². The van der Waals surface area contributed by atoms with Gasteiger partial charge in [0.05, 0.1) is 10.8 Å². The van der Waals surface area contributed by atoms with Crippen LogP contribution in [0.25, 0.3) is 11.1 Å². The Morgan fingerprint density at radius 1 is 0.792 bits per heavy atom. The van der Waals surface area contributed by atoms with Crippen molar-refractivity contribution in [2.75, 3.05) is 0 Å². The van der Waals surface area contributed by atoms with E-state index < -0.39 is 0 Å². The second-order valence-electron chi connectivity index (χ2n) is 5.40. The number of isothiocyanates is 1. The summed E-state index contributed by atoms with van der Waals surface area (Å²) in [6.07, 6.45) is 0. The molecular weight excluding hydrogens is 310 g/mol. The Bertz CT molecular complexity index is 954. The maximum Gasteiger partial charge on any atom is 0.0743 e. The van der Waals surface area contributed by atoms with Crippen LogP contribution in [0.2, 0.25) is 0 Å². The lowest BCUT2D eigenvalue weighted by Gasteiger charge is -2.01. The molecule has 0 bridgehead atoms. The van der Waals surface area contributed by atoms with E-state index in [9.17, 15) is 0 Å². The van der Waals surface area contributed by atoms with Crippen LogP contribution in [0.4, 0.5) is 5.69 Å². The Kier molecular flexibility index (Phi) is 4.99. The van der Waals surface area contributed by atoms with Gasteiger partial charge in [0.25, 0.3) is 0 Å². The van der Waals surface area contributed by atoms with Crippen LogP contribution >= 0.6 is 12.2 Å². The number of benzene rings is 3. The third-order valence-corrected chi connectivity index (χ3v) is 3.81. The minimum Gasteiger partial charge on any atom is -0.195 e. The summed E-state index contributed by atoms with van der Waals surface area (Å²) < 4.78 is 0. The highest BCUT2D eigenvalue weighted by atomic mass is 32.1. The molecule has 0 N–H and O–H groups in total. The van der Waals surface area contributed by atoms with Gasteiger partial charge < -0.3 is 0 Å². The molecule has 0 spiro atoms. The van der Waals surface area contributed by atoms with E-state index >= 15 is 0 Å². The largest absolute Gasteiger partial charge is 0.195 e. The van der Waals surface area contributed by atoms with Gasteiger partial charge in [0.2, 0.25) is 0 Å². The van der Waals surface area contributed by atoms with Crippen LogP contribution in [0.15, 0.2) is 77.8 Å². The zero-order valence-corrected chi connectivity index (χ0v) is 14.1. The van der Waals surface area contributed by atoms with Crippen molar-refractivity contribution in [3.63, 3.8) is 0 Å². The fourth-order valence-corrected chi connectivity index (χ4v) is 2.53. The molecular formula is C22H15NS. The number of rotatable bonds is 2. The highest BCUT2D eigenvalue weighted by Gasteiger charge is 1.98. The smallest absolute Gasteiger partial charge is 0.0743 e. The number of hydrogen-bond acceptors (Lipinski definition) is 2. The van der Waals surface area contributed by atoms with Gasteiger partial charge in [-0.2, -0.15) is 4.99 Å². The number of aliphatic imine (C=N–C) groups is 1. The van der Waals surface area contributed by atoms with E-state index in [2.05, 4.69) is 70.6 Å². The van der Waals surface area contributed by atoms with E-state index in [4.69, 9.17) is 0 Å². The zero-order chi connectivity index (χ0) is 16.8. The van der Waals surface area contributed by atoms with Crippen molar-refractivity contribution >= 4 is 23.1 Å². The first-order valence-corrected chi connectivity index (χ1v) is 8.03. The Balaban J connectivity index is 1.83. The molecule has 0 saturated carbocycles. The maximum absolute atomic E-state index is 4.63.